The Hall–Kier alpha value is -3.10. The highest BCUT2D eigenvalue weighted by Crippen LogP contribution is 2.86. The van der Waals surface area contributed by atoms with Gasteiger partial charge in [-0.2, -0.15) is 0 Å². The summed E-state index contributed by atoms with van der Waals surface area (Å²) in [7, 11) is -2.56. The Morgan fingerprint density at radius 2 is 1.87 bits per heavy atom. The number of carbonyl (C=O) groups excluding carboxylic acids is 1. The van der Waals surface area contributed by atoms with E-state index in [4.69, 9.17) is 16.3 Å². The molecule has 7 nitrogen and oxygen atoms in total. The van der Waals surface area contributed by atoms with Gasteiger partial charge in [-0.25, -0.2) is 18.2 Å². The molecule has 5 unspecified atom stereocenters. The van der Waals surface area contributed by atoms with E-state index in [1.807, 2.05) is 12.1 Å². The molecule has 0 radical (unpaired) electrons. The number of hydrogen-bond donors (Lipinski definition) is 2. The zero-order valence-corrected chi connectivity index (χ0v) is 22.5. The predicted molar refractivity (Wildman–Crippen MR) is 145 cm³/mol. The summed E-state index contributed by atoms with van der Waals surface area (Å²) in [6.45, 7) is 0. The number of halogens is 1. The fraction of sp³-hybridized carbons (Fsp3) is 0.379. The molecule has 1 aromatic heterocycles. The molecule has 1 spiro atoms. The molecule has 4 aliphatic rings. The van der Waals surface area contributed by atoms with Gasteiger partial charge in [0.25, 0.3) is 10.0 Å². The fourth-order valence-corrected chi connectivity index (χ4v) is 9.78. The van der Waals surface area contributed by atoms with E-state index in [9.17, 15) is 13.2 Å². The normalized spacial score (nSPS) is 30.1. The van der Waals surface area contributed by atoms with Crippen molar-refractivity contribution in [3.63, 3.8) is 0 Å². The molecule has 3 aromatic rings. The van der Waals surface area contributed by atoms with Crippen molar-refractivity contribution in [2.75, 3.05) is 17.1 Å². The van der Waals surface area contributed by atoms with Crippen LogP contribution in [-0.2, 0) is 20.2 Å². The number of benzene rings is 2. The second-order valence-electron chi connectivity index (χ2n) is 11.3. The monoisotopic (exact) mass is 549 g/mol. The number of rotatable bonds is 7. The summed E-state index contributed by atoms with van der Waals surface area (Å²) in [6, 6.07) is 15.4. The Morgan fingerprint density at radius 1 is 1.05 bits per heavy atom. The molecule has 9 heteroatoms. The highest BCUT2D eigenvalue weighted by atomic mass is 35.5. The lowest BCUT2D eigenvalue weighted by Gasteiger charge is -2.73. The number of carbonyl (C=O) groups is 1. The average molecular weight is 550 g/mol. The van der Waals surface area contributed by atoms with Crippen molar-refractivity contribution in [3.8, 4) is 0 Å². The third kappa shape index (κ3) is 3.22. The lowest BCUT2D eigenvalue weighted by Crippen LogP contribution is -2.68. The minimum atomic E-state index is -3.86. The van der Waals surface area contributed by atoms with Crippen LogP contribution >= 0.6 is 11.6 Å². The average Bonchev–Trinajstić information content (AvgIpc) is 3.40. The summed E-state index contributed by atoms with van der Waals surface area (Å²) in [4.78, 5) is 16.3. The smallest absolute Gasteiger partial charge is 0.341 e. The molecule has 4 aliphatic carbocycles. The minimum Gasteiger partial charge on any atom is -0.465 e. The number of nitrogens with one attached hydrogen (secondary N) is 2. The summed E-state index contributed by atoms with van der Waals surface area (Å²) in [5.74, 6) is 2.39. The zero-order chi connectivity index (χ0) is 26.3. The molecule has 1 heterocycles. The molecule has 38 heavy (non-hydrogen) atoms. The van der Waals surface area contributed by atoms with Gasteiger partial charge in [-0.05, 0) is 109 Å². The van der Waals surface area contributed by atoms with Crippen molar-refractivity contribution >= 4 is 44.8 Å². The number of nitrogens with zero attached hydrogens (tertiary/aromatic N) is 1. The standard InChI is InChI=1S/C29H28ClN3O4S/c1-37-27(34)23-3-2-10-31-26(23)32-21-5-7-22(8-6-21)38(35,36)33-25-9-4-18(13-24(25)30)28-14-17-11-19-12-20(16-28)29(19,28)15-17/h2-10,13,17,19-20,33H,11-12,14-16H2,1H3,(H,31,32). The van der Waals surface area contributed by atoms with E-state index in [0.29, 0.717) is 27.6 Å². The van der Waals surface area contributed by atoms with Gasteiger partial charge in [0.05, 0.1) is 22.7 Å². The molecule has 2 N–H and O–H groups in total. The first kappa shape index (κ1) is 24.0. The van der Waals surface area contributed by atoms with Crippen LogP contribution in [0.1, 0.15) is 48.0 Å². The van der Waals surface area contributed by atoms with Crippen LogP contribution in [0.3, 0.4) is 0 Å². The van der Waals surface area contributed by atoms with Crippen LogP contribution in [0.15, 0.2) is 65.7 Å². The largest absolute Gasteiger partial charge is 0.465 e. The second kappa shape index (κ2) is 8.20. The van der Waals surface area contributed by atoms with E-state index < -0.39 is 16.0 Å². The molecule has 2 aromatic carbocycles. The minimum absolute atomic E-state index is 0.0992. The number of methoxy groups -OCH3 is 1. The number of fused-ring (bicyclic) bond motifs is 1. The summed E-state index contributed by atoms with van der Waals surface area (Å²) in [5, 5.41) is 3.47. The number of sulfonamides is 1. The summed E-state index contributed by atoms with van der Waals surface area (Å²) in [6.07, 6.45) is 8.21. The topological polar surface area (TPSA) is 97.4 Å². The van der Waals surface area contributed by atoms with Crippen LogP contribution in [0.5, 0.6) is 0 Å². The van der Waals surface area contributed by atoms with E-state index in [2.05, 4.69) is 21.1 Å². The van der Waals surface area contributed by atoms with Crippen LogP contribution in [0.25, 0.3) is 0 Å². The summed E-state index contributed by atoms with van der Waals surface area (Å²) in [5.41, 5.74) is 3.25. The summed E-state index contributed by atoms with van der Waals surface area (Å²) >= 11 is 6.67. The molecule has 5 atom stereocenters. The van der Waals surface area contributed by atoms with Crippen molar-refractivity contribution < 1.29 is 17.9 Å². The lowest BCUT2D eigenvalue weighted by atomic mass is 9.31. The van der Waals surface area contributed by atoms with E-state index in [1.54, 1.807) is 30.5 Å². The number of anilines is 3. The van der Waals surface area contributed by atoms with Crippen LogP contribution in [0, 0.1) is 23.2 Å². The van der Waals surface area contributed by atoms with Crippen molar-refractivity contribution in [3.05, 3.63) is 76.9 Å². The van der Waals surface area contributed by atoms with Gasteiger partial charge in [0.2, 0.25) is 0 Å². The number of hydrogen-bond acceptors (Lipinski definition) is 6. The molecule has 0 amide bonds. The fourth-order valence-electron chi connectivity index (χ4n) is 8.42. The van der Waals surface area contributed by atoms with E-state index >= 15 is 0 Å². The molecule has 0 saturated heterocycles. The number of ether oxygens (including phenoxy) is 1. The molecule has 0 aliphatic heterocycles. The molecule has 4 fully saturated rings. The Labute approximate surface area is 227 Å². The van der Waals surface area contributed by atoms with Crippen LogP contribution in [0.4, 0.5) is 17.2 Å². The molecular formula is C29H28ClN3O4S. The molecular weight excluding hydrogens is 522 g/mol. The number of pyridine rings is 1. The molecule has 2 bridgehead atoms. The van der Waals surface area contributed by atoms with Gasteiger partial charge < -0.3 is 10.1 Å². The van der Waals surface area contributed by atoms with Crippen molar-refractivity contribution in [2.45, 2.75) is 42.4 Å². The van der Waals surface area contributed by atoms with E-state index in [0.717, 1.165) is 17.8 Å². The van der Waals surface area contributed by atoms with Gasteiger partial charge in [0.15, 0.2) is 0 Å². The van der Waals surface area contributed by atoms with Crippen LogP contribution in [0.2, 0.25) is 5.02 Å². The maximum absolute atomic E-state index is 13.2. The highest BCUT2D eigenvalue weighted by molar-refractivity contribution is 7.92. The Morgan fingerprint density at radius 3 is 2.58 bits per heavy atom. The van der Waals surface area contributed by atoms with E-state index in [1.165, 1.54) is 56.9 Å². The lowest BCUT2D eigenvalue weighted by molar-refractivity contribution is -0.198. The van der Waals surface area contributed by atoms with Crippen molar-refractivity contribution in [2.24, 2.45) is 23.2 Å². The third-order valence-electron chi connectivity index (χ3n) is 9.80. The number of esters is 1. The Kier molecular flexibility index (Phi) is 5.17. The van der Waals surface area contributed by atoms with E-state index in [-0.39, 0.29) is 15.9 Å². The quantitative estimate of drug-likeness (QED) is 0.343. The highest BCUT2D eigenvalue weighted by Gasteiger charge is 2.80. The first-order chi connectivity index (χ1) is 18.3. The maximum Gasteiger partial charge on any atom is 0.341 e. The predicted octanol–water partition coefficient (Wildman–Crippen LogP) is 6.14. The van der Waals surface area contributed by atoms with Crippen LogP contribution in [-0.4, -0.2) is 26.5 Å². The summed E-state index contributed by atoms with van der Waals surface area (Å²) < 4.78 is 33.8. The van der Waals surface area contributed by atoms with Gasteiger partial charge in [0, 0.05) is 17.3 Å². The third-order valence-corrected chi connectivity index (χ3v) is 11.5. The Bertz CT molecular complexity index is 1580. The first-order valence-electron chi connectivity index (χ1n) is 13.0. The zero-order valence-electron chi connectivity index (χ0n) is 20.9. The number of aromatic nitrogens is 1. The van der Waals surface area contributed by atoms with Gasteiger partial charge in [0.1, 0.15) is 11.4 Å². The Balaban J connectivity index is 1.08. The van der Waals surface area contributed by atoms with Crippen molar-refractivity contribution in [1.82, 2.24) is 4.98 Å². The second-order valence-corrected chi connectivity index (χ2v) is 13.4. The van der Waals surface area contributed by atoms with Gasteiger partial charge >= 0.3 is 5.97 Å². The van der Waals surface area contributed by atoms with Crippen LogP contribution < -0.4 is 10.0 Å². The first-order valence-corrected chi connectivity index (χ1v) is 14.9. The van der Waals surface area contributed by atoms with Crippen molar-refractivity contribution in [1.29, 1.82) is 0 Å². The molecule has 7 rings (SSSR count). The van der Waals surface area contributed by atoms with Gasteiger partial charge in [-0.1, -0.05) is 17.7 Å². The molecule has 196 valence electrons. The molecule has 4 saturated carbocycles. The van der Waals surface area contributed by atoms with Gasteiger partial charge in [-0.3, -0.25) is 4.72 Å². The SMILES string of the molecule is COC(=O)c1cccnc1Nc1ccc(S(=O)(=O)Nc2ccc(C34CC5CC6CC(C3)C64C5)cc2Cl)cc1. The van der Waals surface area contributed by atoms with Gasteiger partial charge in [-0.15, -0.1) is 0 Å². The maximum atomic E-state index is 13.2.